The van der Waals surface area contributed by atoms with Gasteiger partial charge in [0.2, 0.25) is 11.8 Å². The molecule has 2 N–H and O–H groups in total. The molecule has 1 aromatic rings. The van der Waals surface area contributed by atoms with Crippen LogP contribution in [0.1, 0.15) is 138 Å². The van der Waals surface area contributed by atoms with Crippen molar-refractivity contribution in [2.45, 2.75) is 163 Å². The normalized spacial score (nSPS) is 19.2. The number of nitrogens with one attached hydrogen (secondary N) is 2. The molecule has 2 amide bonds. The van der Waals surface area contributed by atoms with E-state index in [0.29, 0.717) is 77.0 Å². The van der Waals surface area contributed by atoms with Crippen molar-refractivity contribution in [2.24, 2.45) is 47.3 Å². The predicted octanol–water partition coefficient (Wildman–Crippen LogP) is 8.00. The molecule has 0 aliphatic carbocycles. The molecule has 69 heavy (non-hydrogen) atoms. The minimum atomic E-state index is -0.572. The molecule has 3 rings (SSSR count). The Morgan fingerprint density at radius 2 is 1.46 bits per heavy atom. The van der Waals surface area contributed by atoms with Gasteiger partial charge in [-0.05, 0) is 99.7 Å². The number of carbonyl (C=O) groups is 5. The highest BCUT2D eigenvalue weighted by Gasteiger charge is 2.43. The lowest BCUT2D eigenvalue weighted by molar-refractivity contribution is -0.149. The van der Waals surface area contributed by atoms with Gasteiger partial charge in [0.15, 0.2) is 0 Å². The maximum atomic E-state index is 14.4. The zero-order valence-electron chi connectivity index (χ0n) is 44.9. The number of ketones is 3. The third-order valence-corrected chi connectivity index (χ3v) is 15.5. The Kier molecular flexibility index (Phi) is 28.6. The molecular formula is C56H96N4O9. The number of nitrogens with zero attached hydrogens (tertiary/aromatic N) is 2. The second-order valence-electron chi connectivity index (χ2n) is 21.2. The van der Waals surface area contributed by atoms with Crippen LogP contribution < -0.4 is 10.6 Å². The largest absolute Gasteiger partial charge is 0.379 e. The SMILES string of the molecule is CC[C@H](C)[C@@H]([C@@H](CC(=O)N1CCC[C@H]1[C@H](OC)[C@@H](C)C(=O)C[C@H](CNCCOCCOCCCC(=O)CCC1CCNCC1)Cc1ccccc1)OC)N(C)C(=O)[C@@H](CC(=O)[C@H](C)C(C)C)C(C)C. The van der Waals surface area contributed by atoms with Crippen LogP contribution in [-0.4, -0.2) is 144 Å². The molecule has 2 fully saturated rings. The lowest BCUT2D eigenvalue weighted by Gasteiger charge is -2.41. The van der Waals surface area contributed by atoms with E-state index in [1.54, 1.807) is 26.2 Å². The third-order valence-electron chi connectivity index (χ3n) is 15.5. The highest BCUT2D eigenvalue weighted by atomic mass is 16.5. The number of carbonyl (C=O) groups excluding carboxylic acids is 5. The highest BCUT2D eigenvalue weighted by Crippen LogP contribution is 2.32. The summed E-state index contributed by atoms with van der Waals surface area (Å²) in [7, 11) is 5.04. The summed E-state index contributed by atoms with van der Waals surface area (Å²) < 4.78 is 23.8. The van der Waals surface area contributed by atoms with Gasteiger partial charge in [-0.25, -0.2) is 0 Å². The van der Waals surface area contributed by atoms with Gasteiger partial charge >= 0.3 is 0 Å². The lowest BCUT2D eigenvalue weighted by atomic mass is 9.82. The molecule has 1 aromatic carbocycles. The van der Waals surface area contributed by atoms with Crippen LogP contribution in [0, 0.1) is 47.3 Å². The number of Topliss-reactive ketones (excluding diaryl/α,β-unsaturated/α-hetero) is 3. The molecule has 2 heterocycles. The fraction of sp³-hybridized carbons (Fsp3) is 0.804. The number of rotatable bonds is 36. The Morgan fingerprint density at radius 1 is 0.797 bits per heavy atom. The number of likely N-dealkylation sites (tertiary alicyclic amines) is 1. The Bertz CT molecular complexity index is 1640. The minimum absolute atomic E-state index is 0.0253. The van der Waals surface area contributed by atoms with Crippen molar-refractivity contribution >= 4 is 29.2 Å². The first-order valence-corrected chi connectivity index (χ1v) is 26.8. The number of ether oxygens (including phenoxy) is 4. The number of hydrogen-bond acceptors (Lipinski definition) is 11. The molecular weight excluding hydrogens is 873 g/mol. The van der Waals surface area contributed by atoms with Crippen molar-refractivity contribution in [1.29, 1.82) is 0 Å². The van der Waals surface area contributed by atoms with E-state index >= 15 is 0 Å². The number of methoxy groups -OCH3 is 2. The fourth-order valence-electron chi connectivity index (χ4n) is 10.4. The van der Waals surface area contributed by atoms with Gasteiger partial charge in [0, 0.05) is 84.4 Å². The van der Waals surface area contributed by atoms with E-state index in [0.717, 1.165) is 51.6 Å². The summed E-state index contributed by atoms with van der Waals surface area (Å²) >= 11 is 0. The summed E-state index contributed by atoms with van der Waals surface area (Å²) in [4.78, 5) is 72.2. The first-order valence-electron chi connectivity index (χ1n) is 26.8. The average Bonchev–Trinajstić information content (AvgIpc) is 3.83. The van der Waals surface area contributed by atoms with Crippen molar-refractivity contribution in [3.05, 3.63) is 35.9 Å². The highest BCUT2D eigenvalue weighted by molar-refractivity contribution is 5.88. The first-order chi connectivity index (χ1) is 33.0. The van der Waals surface area contributed by atoms with Crippen LogP contribution in [0.25, 0.3) is 0 Å². The van der Waals surface area contributed by atoms with Crippen LogP contribution in [0.4, 0.5) is 0 Å². The number of piperidine rings is 1. The van der Waals surface area contributed by atoms with Crippen LogP contribution >= 0.6 is 0 Å². The van der Waals surface area contributed by atoms with Gasteiger partial charge in [0.1, 0.15) is 17.3 Å². The van der Waals surface area contributed by atoms with Crippen molar-refractivity contribution in [3.8, 4) is 0 Å². The summed E-state index contributed by atoms with van der Waals surface area (Å²) in [6.45, 7) is 22.1. The maximum absolute atomic E-state index is 14.4. The molecule has 0 unspecified atom stereocenters. The second-order valence-corrected chi connectivity index (χ2v) is 21.2. The van der Waals surface area contributed by atoms with Gasteiger partial charge in [-0.2, -0.15) is 0 Å². The zero-order chi connectivity index (χ0) is 50.9. The molecule has 0 spiro atoms. The third kappa shape index (κ3) is 20.5. The van der Waals surface area contributed by atoms with E-state index in [-0.39, 0.29) is 77.9 Å². The lowest BCUT2D eigenvalue weighted by Crippen LogP contribution is -2.54. The molecule has 13 heteroatoms. The molecule has 9 atom stereocenters. The van der Waals surface area contributed by atoms with Crippen LogP contribution in [0.2, 0.25) is 0 Å². The Labute approximate surface area is 418 Å². The van der Waals surface area contributed by atoms with Crippen LogP contribution in [0.15, 0.2) is 30.3 Å². The molecule has 0 radical (unpaired) electrons. The van der Waals surface area contributed by atoms with E-state index < -0.39 is 24.0 Å². The Morgan fingerprint density at radius 3 is 2.09 bits per heavy atom. The number of benzene rings is 1. The van der Waals surface area contributed by atoms with Crippen molar-refractivity contribution in [1.82, 2.24) is 20.4 Å². The quantitative estimate of drug-likeness (QED) is 0.0630. The van der Waals surface area contributed by atoms with Gasteiger partial charge in [0.05, 0.1) is 50.5 Å². The Hall–Kier alpha value is -3.07. The molecule has 0 bridgehead atoms. The van der Waals surface area contributed by atoms with E-state index in [1.807, 2.05) is 64.6 Å². The van der Waals surface area contributed by atoms with E-state index in [2.05, 4.69) is 36.6 Å². The van der Waals surface area contributed by atoms with Crippen molar-refractivity contribution in [2.75, 3.05) is 80.4 Å². The molecule has 2 saturated heterocycles. The van der Waals surface area contributed by atoms with Gasteiger partial charge in [-0.15, -0.1) is 0 Å². The maximum Gasteiger partial charge on any atom is 0.226 e. The number of likely N-dealkylation sites (N-methyl/N-ethyl adjacent to an activating group) is 1. The zero-order valence-corrected chi connectivity index (χ0v) is 44.9. The minimum Gasteiger partial charge on any atom is -0.379 e. The van der Waals surface area contributed by atoms with Crippen LogP contribution in [0.3, 0.4) is 0 Å². The second kappa shape index (κ2) is 32.8. The standard InChI is InChI=1S/C56H96N4O9/c1-12-41(6)54(59(9)56(65)48(40(4)5)36-51(63)42(7)39(2)3)52(66-10)37-53(64)60-29-16-21-49(60)55(67-11)43(8)50(62)35-46(34-45-18-14-13-15-19-45)38-58-28-31-69-33-32-68-30-17-20-47(61)23-22-44-24-26-57-27-25-44/h13-15,18-19,39-44,46,48-49,52,54-55,57-58H,12,16-17,20-38H2,1-11H3/t41-,42+,43-,46+,48-,49-,52+,54-,55+/m0/s1. The summed E-state index contributed by atoms with van der Waals surface area (Å²) in [5.41, 5.74) is 1.17. The van der Waals surface area contributed by atoms with Crippen molar-refractivity contribution < 1.29 is 42.9 Å². The van der Waals surface area contributed by atoms with E-state index in [1.165, 1.54) is 18.4 Å². The predicted molar refractivity (Wildman–Crippen MR) is 275 cm³/mol. The summed E-state index contributed by atoms with van der Waals surface area (Å²) in [6.07, 6.45) is 7.98. The van der Waals surface area contributed by atoms with Gasteiger partial charge in [-0.3, -0.25) is 24.0 Å². The van der Waals surface area contributed by atoms with E-state index in [4.69, 9.17) is 18.9 Å². The van der Waals surface area contributed by atoms with Gasteiger partial charge in [0.25, 0.3) is 0 Å². The number of hydrogen-bond donors (Lipinski definition) is 2. The van der Waals surface area contributed by atoms with Crippen LogP contribution in [0.5, 0.6) is 0 Å². The molecule has 0 saturated carbocycles. The average molecular weight is 969 g/mol. The molecule has 0 aromatic heterocycles. The molecule has 394 valence electrons. The smallest absolute Gasteiger partial charge is 0.226 e. The van der Waals surface area contributed by atoms with Crippen LogP contribution in [-0.2, 0) is 49.3 Å². The molecule has 2 aliphatic rings. The summed E-state index contributed by atoms with van der Waals surface area (Å²) in [5, 5.41) is 6.90. The topological polar surface area (TPSA) is 153 Å². The Balaban J connectivity index is 1.55. The van der Waals surface area contributed by atoms with Crippen molar-refractivity contribution in [3.63, 3.8) is 0 Å². The van der Waals surface area contributed by atoms with Gasteiger partial charge in [-0.1, -0.05) is 92.1 Å². The molecule has 2 aliphatic heterocycles. The number of amides is 2. The summed E-state index contributed by atoms with van der Waals surface area (Å²) in [5.74, 6) is 0.216. The van der Waals surface area contributed by atoms with Gasteiger partial charge < -0.3 is 39.4 Å². The van der Waals surface area contributed by atoms with E-state index in [9.17, 15) is 24.0 Å². The first kappa shape index (κ1) is 60.2. The fourth-order valence-corrected chi connectivity index (χ4v) is 10.4. The molecule has 13 nitrogen and oxygen atoms in total. The summed E-state index contributed by atoms with van der Waals surface area (Å²) in [6, 6.07) is 9.58. The monoisotopic (exact) mass is 969 g/mol.